The summed E-state index contributed by atoms with van der Waals surface area (Å²) >= 11 is 0. The molecule has 0 spiro atoms. The number of hydrogen-bond donors (Lipinski definition) is 1. The Bertz CT molecular complexity index is 687. The lowest BCUT2D eigenvalue weighted by molar-refractivity contribution is 0.301. The zero-order valence-corrected chi connectivity index (χ0v) is 12.6. The van der Waals surface area contributed by atoms with Gasteiger partial charge in [-0.3, -0.25) is 0 Å². The van der Waals surface area contributed by atoms with Crippen LogP contribution in [0.15, 0.2) is 30.5 Å². The molecule has 0 saturated heterocycles. The Kier molecular flexibility index (Phi) is 4.44. The lowest BCUT2D eigenvalue weighted by Crippen LogP contribution is -2.04. The standard InChI is InChI=1S/C17H19N3O/c1-11(2)14-8-15(19)12(3)7-17(14)21-10-13-5-4-6-20-16(13)9-18/h4-8,11H,10,19H2,1-3H3. The fourth-order valence-electron chi connectivity index (χ4n) is 2.10. The van der Waals surface area contributed by atoms with Crippen molar-refractivity contribution in [2.24, 2.45) is 0 Å². The molecule has 2 N–H and O–H groups in total. The lowest BCUT2D eigenvalue weighted by atomic mass is 9.99. The molecule has 0 fully saturated rings. The molecule has 0 bridgehead atoms. The Hall–Kier alpha value is -2.54. The summed E-state index contributed by atoms with van der Waals surface area (Å²) in [5.41, 5.74) is 9.98. The molecule has 4 heteroatoms. The molecular weight excluding hydrogens is 262 g/mol. The average molecular weight is 281 g/mol. The van der Waals surface area contributed by atoms with E-state index in [1.165, 1.54) is 0 Å². The molecule has 0 aliphatic heterocycles. The Morgan fingerprint density at radius 3 is 2.81 bits per heavy atom. The van der Waals surface area contributed by atoms with E-state index in [1.807, 2.05) is 25.1 Å². The molecule has 108 valence electrons. The van der Waals surface area contributed by atoms with Gasteiger partial charge in [-0.25, -0.2) is 4.98 Å². The summed E-state index contributed by atoms with van der Waals surface area (Å²) in [6.07, 6.45) is 1.61. The highest BCUT2D eigenvalue weighted by Crippen LogP contribution is 2.31. The largest absolute Gasteiger partial charge is 0.488 e. The van der Waals surface area contributed by atoms with Gasteiger partial charge in [0.1, 0.15) is 24.1 Å². The Labute approximate surface area is 125 Å². The molecule has 0 saturated carbocycles. The van der Waals surface area contributed by atoms with Gasteiger partial charge in [-0.05, 0) is 42.2 Å². The minimum Gasteiger partial charge on any atom is -0.488 e. The number of aromatic nitrogens is 1. The molecule has 1 heterocycles. The number of nitrogen functional groups attached to an aromatic ring is 1. The van der Waals surface area contributed by atoms with Gasteiger partial charge in [0.2, 0.25) is 0 Å². The van der Waals surface area contributed by atoms with Crippen molar-refractivity contribution in [3.05, 3.63) is 52.8 Å². The number of hydrogen-bond acceptors (Lipinski definition) is 4. The van der Waals surface area contributed by atoms with Crippen molar-refractivity contribution in [3.8, 4) is 11.8 Å². The molecule has 21 heavy (non-hydrogen) atoms. The smallest absolute Gasteiger partial charge is 0.147 e. The first-order valence-corrected chi connectivity index (χ1v) is 6.89. The first-order chi connectivity index (χ1) is 10.0. The van der Waals surface area contributed by atoms with Crippen molar-refractivity contribution in [1.82, 2.24) is 4.98 Å². The van der Waals surface area contributed by atoms with Crippen molar-refractivity contribution in [2.45, 2.75) is 33.3 Å². The second-order valence-corrected chi connectivity index (χ2v) is 5.31. The first-order valence-electron chi connectivity index (χ1n) is 6.89. The van der Waals surface area contributed by atoms with Gasteiger partial charge in [0.15, 0.2) is 0 Å². The molecule has 0 atom stereocenters. The third-order valence-corrected chi connectivity index (χ3v) is 3.40. The SMILES string of the molecule is Cc1cc(OCc2cccnc2C#N)c(C(C)C)cc1N. The Morgan fingerprint density at radius 1 is 1.38 bits per heavy atom. The molecule has 0 aliphatic carbocycles. The molecule has 1 aromatic carbocycles. The van der Waals surface area contributed by atoms with E-state index in [4.69, 9.17) is 15.7 Å². The molecule has 0 unspecified atom stereocenters. The van der Waals surface area contributed by atoms with E-state index >= 15 is 0 Å². The van der Waals surface area contributed by atoms with Crippen molar-refractivity contribution in [2.75, 3.05) is 5.73 Å². The predicted octanol–water partition coefficient (Wildman–Crippen LogP) is 3.55. The van der Waals surface area contributed by atoms with Crippen LogP contribution in [-0.2, 0) is 6.61 Å². The molecule has 0 amide bonds. The number of pyridine rings is 1. The number of nitrogens with zero attached hydrogens (tertiary/aromatic N) is 2. The molecule has 2 rings (SSSR count). The zero-order chi connectivity index (χ0) is 15.4. The van der Waals surface area contributed by atoms with Gasteiger partial charge in [-0.2, -0.15) is 5.26 Å². The number of benzene rings is 1. The van der Waals surface area contributed by atoms with Gasteiger partial charge in [-0.15, -0.1) is 0 Å². The van der Waals surface area contributed by atoms with Gasteiger partial charge in [-0.1, -0.05) is 19.9 Å². The number of nitrogens with two attached hydrogens (primary N) is 1. The number of ether oxygens (including phenoxy) is 1. The Morgan fingerprint density at radius 2 is 2.14 bits per heavy atom. The van der Waals surface area contributed by atoms with E-state index < -0.39 is 0 Å². The highest BCUT2D eigenvalue weighted by molar-refractivity contribution is 5.55. The van der Waals surface area contributed by atoms with Crippen LogP contribution in [0.2, 0.25) is 0 Å². The second kappa shape index (κ2) is 6.27. The van der Waals surface area contributed by atoms with Crippen LogP contribution in [0.3, 0.4) is 0 Å². The van der Waals surface area contributed by atoms with Gasteiger partial charge in [0.25, 0.3) is 0 Å². The highest BCUT2D eigenvalue weighted by atomic mass is 16.5. The fourth-order valence-corrected chi connectivity index (χ4v) is 2.10. The monoisotopic (exact) mass is 281 g/mol. The maximum atomic E-state index is 9.05. The van der Waals surface area contributed by atoms with Crippen molar-refractivity contribution in [1.29, 1.82) is 5.26 Å². The van der Waals surface area contributed by atoms with Crippen LogP contribution < -0.4 is 10.5 Å². The molecule has 1 aromatic heterocycles. The van der Waals surface area contributed by atoms with E-state index in [0.29, 0.717) is 18.2 Å². The summed E-state index contributed by atoms with van der Waals surface area (Å²) in [5, 5.41) is 9.05. The second-order valence-electron chi connectivity index (χ2n) is 5.31. The van der Waals surface area contributed by atoms with Crippen LogP contribution in [0.1, 0.15) is 42.1 Å². The van der Waals surface area contributed by atoms with E-state index in [0.717, 1.165) is 28.1 Å². The third kappa shape index (κ3) is 3.32. The number of rotatable bonds is 4. The van der Waals surface area contributed by atoms with Crippen LogP contribution >= 0.6 is 0 Å². The summed E-state index contributed by atoms with van der Waals surface area (Å²) in [4.78, 5) is 4.04. The maximum absolute atomic E-state index is 9.05. The molecule has 4 nitrogen and oxygen atoms in total. The number of aryl methyl sites for hydroxylation is 1. The van der Waals surface area contributed by atoms with E-state index in [1.54, 1.807) is 12.3 Å². The van der Waals surface area contributed by atoms with Crippen LogP contribution in [-0.4, -0.2) is 4.98 Å². The van der Waals surface area contributed by atoms with Crippen LogP contribution in [0.4, 0.5) is 5.69 Å². The molecule has 0 radical (unpaired) electrons. The summed E-state index contributed by atoms with van der Waals surface area (Å²) in [5.74, 6) is 1.12. The van der Waals surface area contributed by atoms with Crippen LogP contribution in [0, 0.1) is 18.3 Å². The van der Waals surface area contributed by atoms with E-state index in [2.05, 4.69) is 24.9 Å². The summed E-state index contributed by atoms with van der Waals surface area (Å²) in [6, 6.07) is 9.65. The molecule has 2 aromatic rings. The highest BCUT2D eigenvalue weighted by Gasteiger charge is 2.12. The van der Waals surface area contributed by atoms with Crippen LogP contribution in [0.5, 0.6) is 5.75 Å². The van der Waals surface area contributed by atoms with Crippen LogP contribution in [0.25, 0.3) is 0 Å². The van der Waals surface area contributed by atoms with Gasteiger partial charge < -0.3 is 10.5 Å². The molecular formula is C17H19N3O. The number of nitriles is 1. The maximum Gasteiger partial charge on any atom is 0.147 e. The quantitative estimate of drug-likeness (QED) is 0.870. The molecule has 0 aliphatic rings. The van der Waals surface area contributed by atoms with Crippen molar-refractivity contribution >= 4 is 5.69 Å². The lowest BCUT2D eigenvalue weighted by Gasteiger charge is -2.16. The minimum absolute atomic E-state index is 0.312. The van der Waals surface area contributed by atoms with E-state index in [-0.39, 0.29) is 0 Å². The topological polar surface area (TPSA) is 71.9 Å². The zero-order valence-electron chi connectivity index (χ0n) is 12.6. The summed E-state index contributed by atoms with van der Waals surface area (Å²) < 4.78 is 5.92. The first kappa shape index (κ1) is 14.9. The minimum atomic E-state index is 0.312. The fraction of sp³-hybridized carbons (Fsp3) is 0.294. The summed E-state index contributed by atoms with van der Waals surface area (Å²) in [7, 11) is 0. The van der Waals surface area contributed by atoms with Crippen molar-refractivity contribution in [3.63, 3.8) is 0 Å². The normalized spacial score (nSPS) is 10.4. The van der Waals surface area contributed by atoms with Gasteiger partial charge >= 0.3 is 0 Å². The van der Waals surface area contributed by atoms with Gasteiger partial charge in [0, 0.05) is 17.4 Å². The third-order valence-electron chi connectivity index (χ3n) is 3.40. The number of anilines is 1. The average Bonchev–Trinajstić information content (AvgIpc) is 2.48. The van der Waals surface area contributed by atoms with E-state index in [9.17, 15) is 0 Å². The summed E-state index contributed by atoms with van der Waals surface area (Å²) in [6.45, 7) is 6.47. The van der Waals surface area contributed by atoms with Crippen molar-refractivity contribution < 1.29 is 4.74 Å². The van der Waals surface area contributed by atoms with Gasteiger partial charge in [0.05, 0.1) is 0 Å². The predicted molar refractivity (Wildman–Crippen MR) is 83.0 cm³/mol. The Balaban J connectivity index is 2.28.